The van der Waals surface area contributed by atoms with Gasteiger partial charge >= 0.3 is 0 Å². The van der Waals surface area contributed by atoms with Crippen LogP contribution in [-0.4, -0.2) is 103 Å². The number of rotatable bonds is 9. The second-order valence-corrected chi connectivity index (χ2v) is 20.4. The largest absolute Gasteiger partial charge is 0.494 e. The van der Waals surface area contributed by atoms with Gasteiger partial charge in [0.05, 0.1) is 113 Å². The Morgan fingerprint density at radius 3 is 1.68 bits per heavy atom. The molecule has 20 heteroatoms. The normalized spacial score (nSPS) is 18.3. The van der Waals surface area contributed by atoms with E-state index in [9.17, 15) is 5.26 Å². The van der Waals surface area contributed by atoms with Crippen LogP contribution in [0.1, 0.15) is 81.3 Å². The Morgan fingerprint density at radius 2 is 1.10 bits per heavy atom. The van der Waals surface area contributed by atoms with E-state index in [1.54, 1.807) is 54.1 Å². The molecule has 13 rings (SSSR count). The van der Waals surface area contributed by atoms with Crippen LogP contribution in [-0.2, 0) is 4.74 Å². The van der Waals surface area contributed by atoms with E-state index in [1.165, 1.54) is 16.7 Å². The third-order valence-corrected chi connectivity index (χ3v) is 15.1. The highest BCUT2D eigenvalue weighted by molar-refractivity contribution is 9.10. The highest BCUT2D eigenvalue weighted by atomic mass is 79.9. The third kappa shape index (κ3) is 12.7. The van der Waals surface area contributed by atoms with Crippen LogP contribution in [0, 0.1) is 51.7 Å². The molecule has 18 nitrogen and oxygen atoms in total. The summed E-state index contributed by atoms with van der Waals surface area (Å²) < 4.78 is 19.5. The van der Waals surface area contributed by atoms with Gasteiger partial charge in [0, 0.05) is 74.8 Å². The molecule has 8 aromatic heterocycles. The third-order valence-electron chi connectivity index (χ3n) is 14.3. The van der Waals surface area contributed by atoms with E-state index in [4.69, 9.17) is 36.6 Å². The summed E-state index contributed by atoms with van der Waals surface area (Å²) in [7, 11) is 0. The van der Waals surface area contributed by atoms with Gasteiger partial charge in [0.2, 0.25) is 0 Å². The fraction of sp³-hybridized carbons (Fsp3) is 0.328. The van der Waals surface area contributed by atoms with Crippen molar-refractivity contribution in [2.24, 2.45) is 17.8 Å². The maximum Gasteiger partial charge on any atom is 0.154 e. The van der Waals surface area contributed by atoms with Gasteiger partial charge in [-0.15, -0.1) is 0 Å². The maximum atomic E-state index is 9.20. The first-order valence-corrected chi connectivity index (χ1v) is 27.4. The molecule has 0 radical (unpaired) electrons. The van der Waals surface area contributed by atoms with Crippen molar-refractivity contribution in [3.05, 3.63) is 156 Å². The number of nitrogens with zero attached hydrogens (tertiary/aromatic N) is 16. The molecule has 0 N–H and O–H groups in total. The second-order valence-electron chi connectivity index (χ2n) is 19.2. The van der Waals surface area contributed by atoms with Gasteiger partial charge in [-0.1, -0.05) is 42.0 Å². The molecule has 1 aliphatic heterocycles. The van der Waals surface area contributed by atoms with Crippen molar-refractivity contribution in [2.75, 3.05) is 39.5 Å². The lowest BCUT2D eigenvalue weighted by molar-refractivity contribution is 0.0358. The number of nitriles is 3. The van der Waals surface area contributed by atoms with Crippen LogP contribution in [0.2, 0.25) is 5.15 Å². The van der Waals surface area contributed by atoms with E-state index in [0.29, 0.717) is 11.8 Å². The van der Waals surface area contributed by atoms with Gasteiger partial charge in [0.25, 0.3) is 0 Å². The summed E-state index contributed by atoms with van der Waals surface area (Å²) in [6.07, 6.45) is 36.7. The minimum absolute atomic E-state index is 0.110. The Morgan fingerprint density at radius 1 is 0.590 bits per heavy atom. The van der Waals surface area contributed by atoms with Gasteiger partial charge < -0.3 is 9.47 Å². The van der Waals surface area contributed by atoms with Crippen molar-refractivity contribution in [2.45, 2.75) is 64.2 Å². The van der Waals surface area contributed by atoms with E-state index in [1.807, 2.05) is 62.6 Å². The summed E-state index contributed by atoms with van der Waals surface area (Å²) in [5.74, 6) is 1.32. The lowest BCUT2D eigenvalue weighted by atomic mass is 9.88. The summed E-state index contributed by atoms with van der Waals surface area (Å²) >= 11 is 9.23. The lowest BCUT2D eigenvalue weighted by Crippen LogP contribution is -2.37. The van der Waals surface area contributed by atoms with Gasteiger partial charge in [0.15, 0.2) is 5.15 Å². The van der Waals surface area contributed by atoms with Crippen LogP contribution in [0.3, 0.4) is 0 Å². The quantitative estimate of drug-likeness (QED) is 0.123. The minimum Gasteiger partial charge on any atom is -0.494 e. The fourth-order valence-corrected chi connectivity index (χ4v) is 10.7. The zero-order valence-corrected chi connectivity index (χ0v) is 45.2. The molecule has 3 atom stereocenters. The number of halogens is 2. The molecule has 1 aromatic carbocycles. The van der Waals surface area contributed by atoms with E-state index in [0.717, 1.165) is 158 Å². The topological polar surface area (TPSA) is 214 Å². The number of allylic oxidation sites excluding steroid dienone is 6. The predicted molar refractivity (Wildman–Crippen MR) is 300 cm³/mol. The molecule has 3 aliphatic carbocycles. The summed E-state index contributed by atoms with van der Waals surface area (Å²) in [5, 5.41) is 44.5. The van der Waals surface area contributed by atoms with Crippen molar-refractivity contribution in [3.8, 4) is 35.1 Å². The molecule has 9 aromatic rings. The van der Waals surface area contributed by atoms with Crippen molar-refractivity contribution < 1.29 is 9.47 Å². The summed E-state index contributed by atoms with van der Waals surface area (Å²) in [4.78, 5) is 19.9. The Labute approximate surface area is 464 Å². The second kappa shape index (κ2) is 25.8. The molecule has 394 valence electrons. The Kier molecular flexibility index (Phi) is 17.6. The van der Waals surface area contributed by atoms with Crippen LogP contribution < -0.4 is 4.74 Å². The van der Waals surface area contributed by atoms with E-state index in [2.05, 4.69) is 105 Å². The molecule has 9 heterocycles. The van der Waals surface area contributed by atoms with E-state index < -0.39 is 0 Å². The van der Waals surface area contributed by atoms with Crippen LogP contribution in [0.25, 0.3) is 49.9 Å². The first-order valence-electron chi connectivity index (χ1n) is 26.2. The van der Waals surface area contributed by atoms with Crippen LogP contribution >= 0.6 is 27.5 Å². The van der Waals surface area contributed by atoms with Crippen molar-refractivity contribution in [1.82, 2.24) is 63.3 Å². The zero-order chi connectivity index (χ0) is 53.6. The number of morpholine rings is 1. The fourth-order valence-electron chi connectivity index (χ4n) is 10.00. The highest BCUT2D eigenvalue weighted by Gasteiger charge is 2.22. The number of ether oxygens (including phenoxy) is 2. The number of hydrogen-bond acceptors (Lipinski definition) is 14. The van der Waals surface area contributed by atoms with Crippen LogP contribution in [0.5, 0.6) is 5.75 Å². The minimum atomic E-state index is 0.110. The molecular weight excluding hydrogens is 1070 g/mol. The van der Waals surface area contributed by atoms with Gasteiger partial charge in [-0.25, -0.2) is 23.0 Å². The Balaban J connectivity index is 0.000000129. The summed E-state index contributed by atoms with van der Waals surface area (Å²) in [5.41, 5.74) is 12.6. The van der Waals surface area contributed by atoms with E-state index in [-0.39, 0.29) is 17.8 Å². The predicted octanol–water partition coefficient (Wildman–Crippen LogP) is 11.2. The van der Waals surface area contributed by atoms with E-state index >= 15 is 0 Å². The average molecular weight is 1120 g/mol. The number of benzene rings is 1. The van der Waals surface area contributed by atoms with Crippen molar-refractivity contribution in [3.63, 3.8) is 0 Å². The van der Waals surface area contributed by atoms with Crippen LogP contribution in [0.4, 0.5) is 0 Å². The van der Waals surface area contributed by atoms with Gasteiger partial charge in [-0.2, -0.15) is 36.2 Å². The molecule has 0 amide bonds. The van der Waals surface area contributed by atoms with Crippen LogP contribution in [0.15, 0.2) is 133 Å². The lowest BCUT2D eigenvalue weighted by Gasteiger charge is -2.26. The monoisotopic (exact) mass is 1120 g/mol. The Bertz CT molecular complexity index is 3740. The number of aromatic nitrogens is 12. The molecule has 4 aliphatic rings. The maximum absolute atomic E-state index is 9.20. The van der Waals surface area contributed by atoms with Gasteiger partial charge in [0.1, 0.15) is 16.8 Å². The standard InChI is InChI=1S/C26H29N5O2.C13H11BrN4.C13H12N4.C6H4ClN3/c27-18-20-2-4-22(5-3-20)25-26-24(19-29-31(26)12-10-28-25)21-6-8-23(9-7-21)33-15-1-11-30-13-16-32-17-14-30;14-11-8-17-18-6-5-16-12(13(11)18)10-3-1-9(7-15)2-4-10;14-9-10-1-3-11(4-2-10)13-12-5-6-16-17(12)8-7-15-13;7-6-5-1-2-9-10(5)4-3-8-6/h4,6-10,12,19-20H,1-3,5,11,13-17H2;3,5-6,8-9H,1-2,4H2;3,5-8,10H,1-2,4H2;1-4H. The number of hydrogen-bond donors (Lipinski definition) is 0. The smallest absolute Gasteiger partial charge is 0.154 e. The molecule has 78 heavy (non-hydrogen) atoms. The van der Waals surface area contributed by atoms with Crippen molar-refractivity contribution in [1.29, 1.82) is 15.8 Å². The zero-order valence-electron chi connectivity index (χ0n) is 42.9. The number of fused-ring (bicyclic) bond motifs is 4. The molecule has 0 spiro atoms. The molecular formula is C58H56BrClN16O2. The SMILES string of the molecule is Clc1nccn2nccc12.N#CC1CC=C(c2nccn3ncc(-c4ccc(OCCCN5CCOCC5)cc4)c23)CC1.N#CC1CC=C(c2nccn3ncc(Br)c23)CC1.N#CC1CC=C(c2nccn3nccc23)CC1. The van der Waals surface area contributed by atoms with Gasteiger partial charge in [-0.05, 0) is 127 Å². The molecule has 1 saturated heterocycles. The first kappa shape index (κ1) is 53.3. The van der Waals surface area contributed by atoms with Gasteiger partial charge in [-0.3, -0.25) is 19.9 Å². The summed E-state index contributed by atoms with van der Waals surface area (Å²) in [6, 6.07) is 19.1. The average Bonchev–Trinajstić information content (AvgIpc) is 4.42. The van der Waals surface area contributed by atoms with Crippen molar-refractivity contribution >= 4 is 66.3 Å². The molecule has 0 saturated carbocycles. The highest BCUT2D eigenvalue weighted by Crippen LogP contribution is 2.36. The molecule has 1 fully saturated rings. The summed E-state index contributed by atoms with van der Waals surface area (Å²) in [6.45, 7) is 5.45. The Hall–Kier alpha value is -8.12. The first-order chi connectivity index (χ1) is 38.4. The molecule has 0 bridgehead atoms. The molecule has 3 unspecified atom stereocenters.